The Kier molecular flexibility index (Phi) is 4.60. The van der Waals surface area contributed by atoms with E-state index in [9.17, 15) is 4.79 Å². The molecule has 0 radical (unpaired) electrons. The van der Waals surface area contributed by atoms with Crippen molar-refractivity contribution < 1.29 is 4.79 Å². The van der Waals surface area contributed by atoms with Crippen LogP contribution in [0.25, 0.3) is 11.2 Å². The molecule has 1 amide bonds. The molecule has 0 aliphatic heterocycles. The summed E-state index contributed by atoms with van der Waals surface area (Å²) in [6.07, 6.45) is 2.64. The molecule has 114 valence electrons. The number of imidazole rings is 1. The second-order valence-electron chi connectivity index (χ2n) is 6.16. The fraction of sp³-hybridized carbons (Fsp3) is 0.562. The first-order valence-electron chi connectivity index (χ1n) is 7.50. The van der Waals surface area contributed by atoms with E-state index >= 15 is 0 Å². The molecule has 2 heterocycles. The molecular formula is C16H24N4O. The monoisotopic (exact) mass is 288 g/mol. The van der Waals surface area contributed by atoms with Gasteiger partial charge < -0.3 is 9.88 Å². The van der Waals surface area contributed by atoms with E-state index in [1.807, 2.05) is 12.1 Å². The van der Waals surface area contributed by atoms with Gasteiger partial charge in [0, 0.05) is 19.2 Å². The molecule has 0 saturated carbocycles. The van der Waals surface area contributed by atoms with Crippen LogP contribution < -0.4 is 5.32 Å². The smallest absolute Gasteiger partial charge is 0.217 e. The van der Waals surface area contributed by atoms with Crippen molar-refractivity contribution in [1.82, 2.24) is 19.9 Å². The predicted octanol–water partition coefficient (Wildman–Crippen LogP) is 3.24. The zero-order valence-corrected chi connectivity index (χ0v) is 13.4. The van der Waals surface area contributed by atoms with E-state index < -0.39 is 0 Å². The number of pyridine rings is 1. The third kappa shape index (κ3) is 3.40. The Morgan fingerprint density at radius 3 is 2.62 bits per heavy atom. The predicted molar refractivity (Wildman–Crippen MR) is 83.9 cm³/mol. The molecule has 0 aliphatic carbocycles. The maximum absolute atomic E-state index is 11.5. The molecule has 0 fully saturated rings. The van der Waals surface area contributed by atoms with Gasteiger partial charge in [-0.2, -0.15) is 0 Å². The van der Waals surface area contributed by atoms with E-state index in [0.29, 0.717) is 5.92 Å². The summed E-state index contributed by atoms with van der Waals surface area (Å²) in [5.74, 6) is 1.33. The van der Waals surface area contributed by atoms with E-state index in [4.69, 9.17) is 4.98 Å². The van der Waals surface area contributed by atoms with E-state index in [1.54, 1.807) is 13.1 Å². The number of carbonyl (C=O) groups excluding carboxylic acids is 1. The number of aromatic nitrogens is 3. The van der Waals surface area contributed by atoms with Crippen LogP contribution in [0.1, 0.15) is 58.9 Å². The third-order valence-electron chi connectivity index (χ3n) is 3.39. The zero-order valence-electron chi connectivity index (χ0n) is 13.4. The number of hydrogen-bond acceptors (Lipinski definition) is 3. The molecule has 0 aliphatic rings. The summed E-state index contributed by atoms with van der Waals surface area (Å²) in [4.78, 5) is 20.7. The van der Waals surface area contributed by atoms with E-state index in [2.05, 4.69) is 42.6 Å². The van der Waals surface area contributed by atoms with Crippen molar-refractivity contribution in [3.63, 3.8) is 0 Å². The van der Waals surface area contributed by atoms with Crippen LogP contribution in [0.4, 0.5) is 0 Å². The van der Waals surface area contributed by atoms with Gasteiger partial charge in [-0.25, -0.2) is 9.97 Å². The Labute approximate surface area is 125 Å². The lowest BCUT2D eigenvalue weighted by Crippen LogP contribution is -2.30. The van der Waals surface area contributed by atoms with Gasteiger partial charge in [0.2, 0.25) is 5.91 Å². The minimum atomic E-state index is -0.0842. The average Bonchev–Trinajstić information content (AvgIpc) is 2.75. The Hall–Kier alpha value is -1.91. The van der Waals surface area contributed by atoms with Crippen LogP contribution in [0.2, 0.25) is 0 Å². The molecule has 2 aromatic heterocycles. The van der Waals surface area contributed by atoms with Gasteiger partial charge in [0.1, 0.15) is 11.3 Å². The number of rotatable bonds is 5. The molecule has 5 heteroatoms. The molecule has 1 atom stereocenters. The maximum Gasteiger partial charge on any atom is 0.217 e. The SMILES string of the molecule is CC(=O)N[C@H](CC(C)C)c1nc2cccnc2n1C(C)C. The molecule has 0 bridgehead atoms. The molecular weight excluding hydrogens is 264 g/mol. The van der Waals surface area contributed by atoms with Crippen LogP contribution in [0.3, 0.4) is 0 Å². The normalized spacial score (nSPS) is 13.1. The quantitative estimate of drug-likeness (QED) is 0.918. The highest BCUT2D eigenvalue weighted by Crippen LogP contribution is 2.27. The Morgan fingerprint density at radius 1 is 1.33 bits per heavy atom. The fourth-order valence-corrected chi connectivity index (χ4v) is 2.65. The van der Waals surface area contributed by atoms with Crippen molar-refractivity contribution in [1.29, 1.82) is 0 Å². The van der Waals surface area contributed by atoms with Crippen molar-refractivity contribution >= 4 is 17.1 Å². The minimum Gasteiger partial charge on any atom is -0.346 e. The number of carbonyl (C=O) groups is 1. The summed E-state index contributed by atoms with van der Waals surface area (Å²) in [5.41, 5.74) is 1.75. The zero-order chi connectivity index (χ0) is 15.6. The van der Waals surface area contributed by atoms with Crippen molar-refractivity contribution in [2.24, 2.45) is 5.92 Å². The summed E-state index contributed by atoms with van der Waals surface area (Å²) >= 11 is 0. The second-order valence-corrected chi connectivity index (χ2v) is 6.16. The number of nitrogens with zero attached hydrogens (tertiary/aromatic N) is 3. The van der Waals surface area contributed by atoms with Gasteiger partial charge in [0.15, 0.2) is 5.65 Å². The summed E-state index contributed by atoms with van der Waals surface area (Å²) in [5, 5.41) is 3.03. The highest BCUT2D eigenvalue weighted by atomic mass is 16.1. The molecule has 21 heavy (non-hydrogen) atoms. The van der Waals surface area contributed by atoms with Crippen molar-refractivity contribution in [3.8, 4) is 0 Å². The molecule has 0 saturated heterocycles. The average molecular weight is 288 g/mol. The first kappa shape index (κ1) is 15.5. The van der Waals surface area contributed by atoms with Crippen LogP contribution in [-0.4, -0.2) is 20.4 Å². The number of fused-ring (bicyclic) bond motifs is 1. The van der Waals surface area contributed by atoms with E-state index in [1.165, 1.54) is 0 Å². The Morgan fingerprint density at radius 2 is 2.05 bits per heavy atom. The van der Waals surface area contributed by atoms with Gasteiger partial charge in [-0.1, -0.05) is 13.8 Å². The lowest BCUT2D eigenvalue weighted by Gasteiger charge is -2.22. The van der Waals surface area contributed by atoms with E-state index in [-0.39, 0.29) is 18.0 Å². The van der Waals surface area contributed by atoms with Gasteiger partial charge in [-0.3, -0.25) is 4.79 Å². The maximum atomic E-state index is 11.5. The largest absolute Gasteiger partial charge is 0.346 e. The van der Waals surface area contributed by atoms with Crippen LogP contribution in [-0.2, 0) is 4.79 Å². The first-order valence-corrected chi connectivity index (χ1v) is 7.50. The Bertz CT molecular complexity index is 630. The number of nitrogens with one attached hydrogen (secondary N) is 1. The van der Waals surface area contributed by atoms with Crippen molar-refractivity contribution in [2.45, 2.75) is 53.1 Å². The minimum absolute atomic E-state index is 0.0315. The lowest BCUT2D eigenvalue weighted by atomic mass is 10.0. The topological polar surface area (TPSA) is 59.8 Å². The molecule has 0 spiro atoms. The summed E-state index contributed by atoms with van der Waals surface area (Å²) in [7, 11) is 0. The summed E-state index contributed by atoms with van der Waals surface area (Å²) in [6.45, 7) is 10.1. The standard InChI is InChI=1S/C16H24N4O/c1-10(2)9-14(18-12(5)21)16-19-13-7-6-8-17-15(13)20(16)11(3)4/h6-8,10-11,14H,9H2,1-5H3,(H,18,21)/t14-/m1/s1. The number of hydrogen-bond donors (Lipinski definition) is 1. The number of amides is 1. The van der Waals surface area contributed by atoms with E-state index in [0.717, 1.165) is 23.4 Å². The molecule has 0 unspecified atom stereocenters. The fourth-order valence-electron chi connectivity index (χ4n) is 2.65. The highest BCUT2D eigenvalue weighted by Gasteiger charge is 2.23. The summed E-state index contributed by atoms with van der Waals surface area (Å²) < 4.78 is 2.12. The van der Waals surface area contributed by atoms with Crippen LogP contribution in [0.15, 0.2) is 18.3 Å². The van der Waals surface area contributed by atoms with Gasteiger partial charge in [-0.05, 0) is 38.3 Å². The van der Waals surface area contributed by atoms with Crippen LogP contribution in [0.5, 0.6) is 0 Å². The highest BCUT2D eigenvalue weighted by molar-refractivity contribution is 5.74. The second kappa shape index (κ2) is 6.24. The van der Waals surface area contributed by atoms with Gasteiger partial charge in [-0.15, -0.1) is 0 Å². The molecule has 1 N–H and O–H groups in total. The van der Waals surface area contributed by atoms with Gasteiger partial charge in [0.25, 0.3) is 0 Å². The van der Waals surface area contributed by atoms with Crippen molar-refractivity contribution in [2.75, 3.05) is 0 Å². The molecule has 5 nitrogen and oxygen atoms in total. The summed E-state index contributed by atoms with van der Waals surface area (Å²) in [6, 6.07) is 4.01. The first-order chi connectivity index (χ1) is 9.90. The molecule has 2 rings (SSSR count). The van der Waals surface area contributed by atoms with Gasteiger partial charge in [0.05, 0.1) is 6.04 Å². The Balaban J connectivity index is 2.55. The van der Waals surface area contributed by atoms with Crippen LogP contribution in [0, 0.1) is 5.92 Å². The molecule has 0 aromatic carbocycles. The van der Waals surface area contributed by atoms with Gasteiger partial charge >= 0.3 is 0 Å². The lowest BCUT2D eigenvalue weighted by molar-refractivity contribution is -0.119. The molecule has 2 aromatic rings. The third-order valence-corrected chi connectivity index (χ3v) is 3.39. The van der Waals surface area contributed by atoms with Crippen LogP contribution >= 0.6 is 0 Å². The van der Waals surface area contributed by atoms with Crippen molar-refractivity contribution in [3.05, 3.63) is 24.2 Å².